The molecule has 4 heteroatoms. The van der Waals surface area contributed by atoms with Gasteiger partial charge in [-0.05, 0) is 44.0 Å². The van der Waals surface area contributed by atoms with Crippen molar-refractivity contribution in [3.05, 3.63) is 28.3 Å². The molecule has 1 aromatic carbocycles. The first-order valence-electron chi connectivity index (χ1n) is 6.82. The van der Waals surface area contributed by atoms with Gasteiger partial charge in [0.05, 0.1) is 17.3 Å². The third-order valence-corrected chi connectivity index (χ3v) is 3.24. The van der Waals surface area contributed by atoms with Gasteiger partial charge in [0.15, 0.2) is 0 Å². The minimum atomic E-state index is -0.0506. The van der Waals surface area contributed by atoms with Crippen LogP contribution in [0.15, 0.2) is 12.1 Å². The van der Waals surface area contributed by atoms with Gasteiger partial charge in [0.1, 0.15) is 0 Å². The molecule has 0 aliphatic rings. The topological polar surface area (TPSA) is 41.1 Å². The normalized spacial score (nSPS) is 10.5. The second-order valence-corrected chi connectivity index (χ2v) is 5.28. The highest BCUT2D eigenvalue weighted by Crippen LogP contribution is 2.27. The number of aryl methyl sites for hydroxylation is 2. The van der Waals surface area contributed by atoms with E-state index in [0.717, 1.165) is 24.1 Å². The molecule has 0 spiro atoms. The van der Waals surface area contributed by atoms with Crippen LogP contribution in [0.1, 0.15) is 37.3 Å². The van der Waals surface area contributed by atoms with Crippen molar-refractivity contribution < 1.29 is 4.79 Å². The number of carbonyl (C=O) groups is 1. The van der Waals surface area contributed by atoms with Gasteiger partial charge in [-0.1, -0.05) is 37.4 Å². The van der Waals surface area contributed by atoms with E-state index in [1.165, 1.54) is 12.8 Å². The van der Waals surface area contributed by atoms with Crippen molar-refractivity contribution in [3.8, 4) is 0 Å². The Morgan fingerprint density at radius 2 is 2.00 bits per heavy atom. The Hall–Kier alpha value is -1.06. The van der Waals surface area contributed by atoms with Gasteiger partial charge in [-0.3, -0.25) is 4.79 Å². The fraction of sp³-hybridized carbons (Fsp3) is 0.533. The van der Waals surface area contributed by atoms with Crippen LogP contribution in [0.5, 0.6) is 0 Å². The van der Waals surface area contributed by atoms with Crippen LogP contribution < -0.4 is 10.6 Å². The quantitative estimate of drug-likeness (QED) is 0.749. The summed E-state index contributed by atoms with van der Waals surface area (Å²) < 4.78 is 0. The van der Waals surface area contributed by atoms with Gasteiger partial charge < -0.3 is 10.6 Å². The van der Waals surface area contributed by atoms with E-state index in [1.54, 1.807) is 0 Å². The summed E-state index contributed by atoms with van der Waals surface area (Å²) in [6.07, 6.45) is 3.48. The summed E-state index contributed by atoms with van der Waals surface area (Å²) in [4.78, 5) is 11.8. The number of benzene rings is 1. The lowest BCUT2D eigenvalue weighted by atomic mass is 10.1. The third kappa shape index (κ3) is 5.62. The Balaban J connectivity index is 2.44. The number of hydrogen-bond donors (Lipinski definition) is 2. The van der Waals surface area contributed by atoms with E-state index < -0.39 is 0 Å². The SMILES string of the molecule is CCCCCNCC(=O)Nc1c(C)cc(C)cc1Cl. The van der Waals surface area contributed by atoms with Gasteiger partial charge in [-0.15, -0.1) is 0 Å². The van der Waals surface area contributed by atoms with Crippen molar-refractivity contribution in [2.24, 2.45) is 0 Å². The standard InChI is InChI=1S/C15H23ClN2O/c1-4-5-6-7-17-10-14(19)18-15-12(3)8-11(2)9-13(15)16/h8-9,17H,4-7,10H2,1-3H3,(H,18,19). The van der Waals surface area contributed by atoms with Crippen molar-refractivity contribution in [2.75, 3.05) is 18.4 Å². The molecule has 0 aliphatic heterocycles. The van der Waals surface area contributed by atoms with Gasteiger partial charge in [0.2, 0.25) is 5.91 Å². The molecule has 0 aromatic heterocycles. The molecule has 3 nitrogen and oxygen atoms in total. The van der Waals surface area contributed by atoms with E-state index in [0.29, 0.717) is 17.3 Å². The van der Waals surface area contributed by atoms with E-state index in [2.05, 4.69) is 17.6 Å². The molecule has 0 aliphatic carbocycles. The first kappa shape index (κ1) is 16.0. The lowest BCUT2D eigenvalue weighted by Crippen LogP contribution is -2.29. The molecule has 1 amide bonds. The van der Waals surface area contributed by atoms with Gasteiger partial charge in [0.25, 0.3) is 0 Å². The summed E-state index contributed by atoms with van der Waals surface area (Å²) in [5.74, 6) is -0.0506. The molecule has 19 heavy (non-hydrogen) atoms. The van der Waals surface area contributed by atoms with Gasteiger partial charge >= 0.3 is 0 Å². The highest BCUT2D eigenvalue weighted by molar-refractivity contribution is 6.34. The van der Waals surface area contributed by atoms with Crippen LogP contribution in [0.4, 0.5) is 5.69 Å². The predicted molar refractivity (Wildman–Crippen MR) is 82.0 cm³/mol. The molecular weight excluding hydrogens is 260 g/mol. The largest absolute Gasteiger partial charge is 0.323 e. The summed E-state index contributed by atoms with van der Waals surface area (Å²) in [6.45, 7) is 7.30. The molecule has 0 unspecified atom stereocenters. The van der Waals surface area contributed by atoms with Gasteiger partial charge in [-0.25, -0.2) is 0 Å². The Labute approximate surface area is 120 Å². The van der Waals surface area contributed by atoms with Crippen molar-refractivity contribution in [1.29, 1.82) is 0 Å². The van der Waals surface area contributed by atoms with Crippen LogP contribution in [-0.4, -0.2) is 19.0 Å². The lowest BCUT2D eigenvalue weighted by Gasteiger charge is -2.12. The molecule has 1 rings (SSSR count). The van der Waals surface area contributed by atoms with Crippen LogP contribution >= 0.6 is 11.6 Å². The Bertz CT molecular complexity index is 409. The molecule has 0 saturated heterocycles. The maximum atomic E-state index is 11.8. The zero-order chi connectivity index (χ0) is 14.3. The fourth-order valence-corrected chi connectivity index (χ4v) is 2.33. The lowest BCUT2D eigenvalue weighted by molar-refractivity contribution is -0.115. The molecule has 0 bridgehead atoms. The summed E-state index contributed by atoms with van der Waals surface area (Å²) in [6, 6.07) is 3.87. The molecule has 0 radical (unpaired) electrons. The molecule has 0 atom stereocenters. The second kappa shape index (κ2) is 8.18. The minimum absolute atomic E-state index is 0.0506. The minimum Gasteiger partial charge on any atom is -0.323 e. The average Bonchev–Trinajstić information content (AvgIpc) is 2.33. The molecule has 0 saturated carbocycles. The highest BCUT2D eigenvalue weighted by atomic mass is 35.5. The summed E-state index contributed by atoms with van der Waals surface area (Å²) in [5, 5.41) is 6.59. The number of anilines is 1. The predicted octanol–water partition coefficient (Wildman–Crippen LogP) is 3.68. The van der Waals surface area contributed by atoms with Crippen molar-refractivity contribution in [3.63, 3.8) is 0 Å². The molecule has 2 N–H and O–H groups in total. The van der Waals surface area contributed by atoms with E-state index in [4.69, 9.17) is 11.6 Å². The molecule has 0 fully saturated rings. The number of halogens is 1. The molecule has 0 heterocycles. The zero-order valence-electron chi connectivity index (χ0n) is 12.0. The Morgan fingerprint density at radius 3 is 2.63 bits per heavy atom. The van der Waals surface area contributed by atoms with Crippen molar-refractivity contribution in [2.45, 2.75) is 40.0 Å². The van der Waals surface area contributed by atoms with Crippen LogP contribution in [0, 0.1) is 13.8 Å². The summed E-state index contributed by atoms with van der Waals surface area (Å²) >= 11 is 6.15. The maximum Gasteiger partial charge on any atom is 0.238 e. The van der Waals surface area contributed by atoms with E-state index in [-0.39, 0.29) is 5.91 Å². The first-order chi connectivity index (χ1) is 9.04. The number of amides is 1. The number of carbonyl (C=O) groups excluding carboxylic acids is 1. The van der Waals surface area contributed by atoms with Gasteiger partial charge in [0, 0.05) is 0 Å². The number of unbranched alkanes of at least 4 members (excludes halogenated alkanes) is 2. The Kier molecular flexibility index (Phi) is 6.89. The van der Waals surface area contributed by atoms with E-state index in [9.17, 15) is 4.79 Å². The highest BCUT2D eigenvalue weighted by Gasteiger charge is 2.08. The average molecular weight is 283 g/mol. The van der Waals surface area contributed by atoms with Crippen LogP contribution in [0.2, 0.25) is 5.02 Å². The van der Waals surface area contributed by atoms with Crippen LogP contribution in [-0.2, 0) is 4.79 Å². The maximum absolute atomic E-state index is 11.8. The van der Waals surface area contributed by atoms with Crippen molar-refractivity contribution in [1.82, 2.24) is 5.32 Å². The monoisotopic (exact) mass is 282 g/mol. The molecule has 1 aromatic rings. The summed E-state index contributed by atoms with van der Waals surface area (Å²) in [5.41, 5.74) is 2.80. The third-order valence-electron chi connectivity index (χ3n) is 2.94. The molecule has 106 valence electrons. The first-order valence-corrected chi connectivity index (χ1v) is 7.19. The van der Waals surface area contributed by atoms with Gasteiger partial charge in [-0.2, -0.15) is 0 Å². The smallest absolute Gasteiger partial charge is 0.238 e. The van der Waals surface area contributed by atoms with E-state index >= 15 is 0 Å². The Morgan fingerprint density at radius 1 is 1.26 bits per heavy atom. The molecular formula is C15H23ClN2O. The zero-order valence-corrected chi connectivity index (χ0v) is 12.7. The van der Waals surface area contributed by atoms with Crippen LogP contribution in [0.25, 0.3) is 0 Å². The van der Waals surface area contributed by atoms with Crippen molar-refractivity contribution >= 4 is 23.2 Å². The number of rotatable bonds is 7. The van der Waals surface area contributed by atoms with Crippen LogP contribution in [0.3, 0.4) is 0 Å². The summed E-state index contributed by atoms with van der Waals surface area (Å²) in [7, 11) is 0. The number of nitrogens with one attached hydrogen (secondary N) is 2. The fourth-order valence-electron chi connectivity index (χ4n) is 1.96. The van der Waals surface area contributed by atoms with E-state index in [1.807, 2.05) is 26.0 Å². The number of hydrogen-bond acceptors (Lipinski definition) is 2. The second-order valence-electron chi connectivity index (χ2n) is 4.87.